The van der Waals surface area contributed by atoms with Crippen molar-refractivity contribution in [1.29, 1.82) is 0 Å². The van der Waals surface area contributed by atoms with Gasteiger partial charge in [0.25, 0.3) is 0 Å². The van der Waals surface area contributed by atoms with Gasteiger partial charge in [-0.1, -0.05) is 13.8 Å². The van der Waals surface area contributed by atoms with Crippen LogP contribution in [0.5, 0.6) is 0 Å². The molecule has 0 aliphatic heterocycles. The van der Waals surface area contributed by atoms with Gasteiger partial charge in [0.1, 0.15) is 0 Å². The molecule has 1 heterocycles. The monoisotopic (exact) mass is 346 g/mol. The number of nitrogens with one attached hydrogen (secondary N) is 1. The van der Waals surface area contributed by atoms with Gasteiger partial charge in [-0.05, 0) is 55.2 Å². The maximum atomic E-state index is 3.60. The maximum absolute atomic E-state index is 3.60. The van der Waals surface area contributed by atoms with Crippen molar-refractivity contribution < 1.29 is 0 Å². The molecule has 0 fully saturated rings. The highest BCUT2D eigenvalue weighted by molar-refractivity contribution is 9.10. The lowest BCUT2D eigenvalue weighted by Crippen LogP contribution is -2.45. The minimum atomic E-state index is 0.189. The number of thiophene rings is 1. The minimum Gasteiger partial charge on any atom is -0.311 e. The van der Waals surface area contributed by atoms with E-state index < -0.39 is 0 Å². The zero-order valence-electron chi connectivity index (χ0n) is 13.0. The first kappa shape index (κ1) is 17.2. The molecule has 0 saturated carbocycles. The average Bonchev–Trinajstić information content (AvgIpc) is 2.59. The highest BCUT2D eigenvalue weighted by atomic mass is 79.9. The standard InChI is InChI=1S/C15H27BrN2S/c1-14(2,3)17-10-15(4,5)11-18(6)8-13-7-12(16)9-19-13/h7,9,17H,8,10-11H2,1-6H3. The molecule has 0 aliphatic rings. The summed E-state index contributed by atoms with van der Waals surface area (Å²) >= 11 is 5.33. The Hall–Kier alpha value is 0.1000. The second kappa shape index (κ2) is 6.70. The van der Waals surface area contributed by atoms with Gasteiger partial charge in [0.05, 0.1) is 0 Å². The fraction of sp³-hybridized carbons (Fsp3) is 0.733. The molecule has 110 valence electrons. The van der Waals surface area contributed by atoms with E-state index in [9.17, 15) is 0 Å². The van der Waals surface area contributed by atoms with Gasteiger partial charge in [-0.2, -0.15) is 0 Å². The molecule has 1 N–H and O–H groups in total. The molecule has 0 aliphatic carbocycles. The molecule has 0 unspecified atom stereocenters. The van der Waals surface area contributed by atoms with Gasteiger partial charge in [-0.25, -0.2) is 0 Å². The Balaban J connectivity index is 2.43. The van der Waals surface area contributed by atoms with Crippen LogP contribution >= 0.6 is 27.3 Å². The molecular formula is C15H27BrN2S. The third-order valence-electron chi connectivity index (χ3n) is 2.84. The summed E-state index contributed by atoms with van der Waals surface area (Å²) in [6, 6.07) is 2.21. The topological polar surface area (TPSA) is 15.3 Å². The summed E-state index contributed by atoms with van der Waals surface area (Å²) in [6.07, 6.45) is 0. The van der Waals surface area contributed by atoms with Gasteiger partial charge in [0.2, 0.25) is 0 Å². The van der Waals surface area contributed by atoms with Crippen molar-refractivity contribution in [2.45, 2.75) is 46.7 Å². The number of hydrogen-bond acceptors (Lipinski definition) is 3. The van der Waals surface area contributed by atoms with E-state index >= 15 is 0 Å². The first-order chi connectivity index (χ1) is 8.57. The fourth-order valence-electron chi connectivity index (χ4n) is 2.05. The van der Waals surface area contributed by atoms with Crippen molar-refractivity contribution in [2.24, 2.45) is 5.41 Å². The Morgan fingerprint density at radius 1 is 1.26 bits per heavy atom. The highest BCUT2D eigenvalue weighted by Gasteiger charge is 2.22. The van der Waals surface area contributed by atoms with Crippen molar-refractivity contribution in [3.8, 4) is 0 Å². The van der Waals surface area contributed by atoms with Crippen LogP contribution in [0.2, 0.25) is 0 Å². The SMILES string of the molecule is CN(Cc1cc(Br)cs1)CC(C)(C)CNC(C)(C)C. The Kier molecular flexibility index (Phi) is 6.05. The van der Waals surface area contributed by atoms with Crippen LogP contribution in [0.15, 0.2) is 15.9 Å². The van der Waals surface area contributed by atoms with Crippen LogP contribution < -0.4 is 5.32 Å². The van der Waals surface area contributed by atoms with E-state index in [1.807, 2.05) is 11.3 Å². The molecular weight excluding hydrogens is 320 g/mol. The molecule has 0 spiro atoms. The van der Waals surface area contributed by atoms with Gasteiger partial charge in [-0.3, -0.25) is 0 Å². The molecule has 1 aromatic heterocycles. The lowest BCUT2D eigenvalue weighted by Gasteiger charge is -2.33. The molecule has 2 nitrogen and oxygen atoms in total. The molecule has 0 saturated heterocycles. The van der Waals surface area contributed by atoms with Crippen LogP contribution in [-0.4, -0.2) is 30.6 Å². The zero-order chi connectivity index (χ0) is 14.7. The lowest BCUT2D eigenvalue weighted by atomic mass is 9.91. The average molecular weight is 347 g/mol. The maximum Gasteiger partial charge on any atom is 0.0325 e. The van der Waals surface area contributed by atoms with Crippen molar-refractivity contribution in [1.82, 2.24) is 10.2 Å². The zero-order valence-corrected chi connectivity index (χ0v) is 15.4. The van der Waals surface area contributed by atoms with Gasteiger partial charge in [-0.15, -0.1) is 11.3 Å². The van der Waals surface area contributed by atoms with Crippen LogP contribution in [0.1, 0.15) is 39.5 Å². The molecule has 0 aromatic carbocycles. The molecule has 19 heavy (non-hydrogen) atoms. The summed E-state index contributed by atoms with van der Waals surface area (Å²) in [7, 11) is 2.20. The summed E-state index contributed by atoms with van der Waals surface area (Å²) in [5.74, 6) is 0. The van der Waals surface area contributed by atoms with Crippen LogP contribution in [0, 0.1) is 5.41 Å². The van der Waals surface area contributed by atoms with Crippen LogP contribution in [0.25, 0.3) is 0 Å². The molecule has 0 atom stereocenters. The first-order valence-electron chi connectivity index (χ1n) is 6.74. The number of rotatable bonds is 6. The Morgan fingerprint density at radius 2 is 1.89 bits per heavy atom. The molecule has 0 radical (unpaired) electrons. The van der Waals surface area contributed by atoms with Gasteiger partial charge >= 0.3 is 0 Å². The Labute approximate surface area is 130 Å². The van der Waals surface area contributed by atoms with E-state index in [-0.39, 0.29) is 11.0 Å². The van der Waals surface area contributed by atoms with Crippen LogP contribution in [-0.2, 0) is 6.54 Å². The van der Waals surface area contributed by atoms with E-state index in [4.69, 9.17) is 0 Å². The van der Waals surface area contributed by atoms with E-state index in [2.05, 4.69) is 79.3 Å². The largest absolute Gasteiger partial charge is 0.311 e. The van der Waals surface area contributed by atoms with Crippen LogP contribution in [0.4, 0.5) is 0 Å². The summed E-state index contributed by atoms with van der Waals surface area (Å²) < 4.78 is 1.19. The summed E-state index contributed by atoms with van der Waals surface area (Å²) in [6.45, 7) is 14.5. The second-order valence-electron chi connectivity index (χ2n) is 7.17. The molecule has 0 amide bonds. The molecule has 1 rings (SSSR count). The smallest absolute Gasteiger partial charge is 0.0325 e. The quantitative estimate of drug-likeness (QED) is 0.823. The van der Waals surface area contributed by atoms with Gasteiger partial charge in [0.15, 0.2) is 0 Å². The third kappa shape index (κ3) is 7.45. The number of hydrogen-bond donors (Lipinski definition) is 1. The van der Waals surface area contributed by atoms with Crippen LogP contribution in [0.3, 0.4) is 0 Å². The normalized spacial score (nSPS) is 13.3. The van der Waals surface area contributed by atoms with Crippen molar-refractivity contribution in [3.63, 3.8) is 0 Å². The molecule has 1 aromatic rings. The van der Waals surface area contributed by atoms with Crippen molar-refractivity contribution >= 4 is 27.3 Å². The molecule has 4 heteroatoms. The Bertz CT molecular complexity index is 393. The first-order valence-corrected chi connectivity index (χ1v) is 8.41. The number of halogens is 1. The third-order valence-corrected chi connectivity index (χ3v) is 4.53. The van der Waals surface area contributed by atoms with Gasteiger partial charge < -0.3 is 10.2 Å². The van der Waals surface area contributed by atoms with E-state index in [0.29, 0.717) is 0 Å². The van der Waals surface area contributed by atoms with E-state index in [0.717, 1.165) is 19.6 Å². The van der Waals surface area contributed by atoms with E-state index in [1.165, 1.54) is 9.35 Å². The van der Waals surface area contributed by atoms with Crippen molar-refractivity contribution in [2.75, 3.05) is 20.1 Å². The summed E-state index contributed by atoms with van der Waals surface area (Å²) in [4.78, 5) is 3.82. The highest BCUT2D eigenvalue weighted by Crippen LogP contribution is 2.23. The van der Waals surface area contributed by atoms with Gasteiger partial charge in [0, 0.05) is 39.9 Å². The van der Waals surface area contributed by atoms with E-state index in [1.54, 1.807) is 0 Å². The number of nitrogens with zero attached hydrogens (tertiary/aromatic N) is 1. The molecule has 0 bridgehead atoms. The summed E-state index contributed by atoms with van der Waals surface area (Å²) in [5.41, 5.74) is 0.463. The van der Waals surface area contributed by atoms with Crippen molar-refractivity contribution in [3.05, 3.63) is 20.8 Å². The Morgan fingerprint density at radius 3 is 2.37 bits per heavy atom. The lowest BCUT2D eigenvalue weighted by molar-refractivity contribution is 0.187. The minimum absolute atomic E-state index is 0.189. The predicted octanol–water partition coefficient (Wildman–Crippen LogP) is 4.36. The predicted molar refractivity (Wildman–Crippen MR) is 89.9 cm³/mol. The second-order valence-corrected chi connectivity index (χ2v) is 9.08. The fourth-order valence-corrected chi connectivity index (χ4v) is 3.58. The summed E-state index contributed by atoms with van der Waals surface area (Å²) in [5, 5.41) is 5.75.